The SMILES string of the molecule is C=CCCOC(=O)[C@H]1[C@H]2C(=O)N(CCCCCO)C(C(=O)N(CC=C)Cc3ccccc3)C23CC(Br)[C@@H]1O3. The first-order valence-electron chi connectivity index (χ1n) is 13.3. The molecule has 0 saturated carbocycles. The van der Waals surface area contributed by atoms with Gasteiger partial charge in [-0.1, -0.05) is 58.4 Å². The molecule has 38 heavy (non-hydrogen) atoms. The molecule has 3 heterocycles. The summed E-state index contributed by atoms with van der Waals surface area (Å²) in [6.45, 7) is 8.79. The summed E-state index contributed by atoms with van der Waals surface area (Å²) in [7, 11) is 0. The van der Waals surface area contributed by atoms with Crippen LogP contribution in [0.1, 0.15) is 37.7 Å². The van der Waals surface area contributed by atoms with E-state index in [0.29, 0.717) is 45.3 Å². The zero-order chi connectivity index (χ0) is 27.3. The van der Waals surface area contributed by atoms with Crippen molar-refractivity contribution >= 4 is 33.7 Å². The first-order chi connectivity index (χ1) is 18.4. The summed E-state index contributed by atoms with van der Waals surface area (Å²) >= 11 is 3.68. The lowest BCUT2D eigenvalue weighted by Gasteiger charge is -2.37. The van der Waals surface area contributed by atoms with Gasteiger partial charge in [0.05, 0.1) is 24.5 Å². The second kappa shape index (κ2) is 12.6. The Morgan fingerprint density at radius 2 is 1.97 bits per heavy atom. The summed E-state index contributed by atoms with van der Waals surface area (Å²) in [5, 5.41) is 9.22. The summed E-state index contributed by atoms with van der Waals surface area (Å²) in [5.74, 6) is -2.50. The standard InChI is InChI=1S/C29H37BrN2O6/c1-3-5-17-37-28(36)22-23-26(34)32(15-10-7-11-16-33)25(29(23)18-21(30)24(22)38-29)27(35)31(14-4-2)19-20-12-8-6-9-13-20/h3-4,6,8-9,12-13,21-25,33H,1-2,5,7,10-11,14-19H2/t21?,22-,23-,24-,25?,29?/m0/s1. The van der Waals surface area contributed by atoms with Crippen LogP contribution >= 0.6 is 15.9 Å². The van der Waals surface area contributed by atoms with E-state index in [1.165, 1.54) is 0 Å². The number of carbonyl (C=O) groups excluding carboxylic acids is 3. The third-order valence-corrected chi connectivity index (χ3v) is 8.64. The number of benzene rings is 1. The fraction of sp³-hybridized carbons (Fsp3) is 0.552. The van der Waals surface area contributed by atoms with Crippen molar-refractivity contribution in [3.63, 3.8) is 0 Å². The molecule has 2 bridgehead atoms. The van der Waals surface area contributed by atoms with E-state index in [0.717, 1.165) is 12.0 Å². The third-order valence-electron chi connectivity index (χ3n) is 7.80. The molecular formula is C29H37BrN2O6. The molecule has 4 rings (SSSR count). The number of amides is 2. The number of fused-ring (bicyclic) bond motifs is 1. The Morgan fingerprint density at radius 3 is 2.66 bits per heavy atom. The van der Waals surface area contributed by atoms with Crippen LogP contribution in [0.4, 0.5) is 0 Å². The van der Waals surface area contributed by atoms with Crippen molar-refractivity contribution in [1.82, 2.24) is 9.80 Å². The third kappa shape index (κ3) is 5.33. The maximum absolute atomic E-state index is 14.3. The van der Waals surface area contributed by atoms with Gasteiger partial charge < -0.3 is 24.4 Å². The second-order valence-electron chi connectivity index (χ2n) is 10.2. The number of aliphatic hydroxyl groups is 1. The predicted molar refractivity (Wildman–Crippen MR) is 146 cm³/mol. The van der Waals surface area contributed by atoms with Crippen LogP contribution in [-0.4, -0.2) is 81.6 Å². The summed E-state index contributed by atoms with van der Waals surface area (Å²) in [6, 6.07) is 8.82. The molecule has 3 unspecified atom stereocenters. The lowest BCUT2D eigenvalue weighted by atomic mass is 9.70. The van der Waals surface area contributed by atoms with Crippen molar-refractivity contribution < 1.29 is 29.0 Å². The molecule has 3 aliphatic heterocycles. The smallest absolute Gasteiger partial charge is 0.312 e. The molecule has 0 radical (unpaired) electrons. The van der Waals surface area contributed by atoms with Gasteiger partial charge in [-0.25, -0.2) is 0 Å². The molecule has 8 nitrogen and oxygen atoms in total. The fourth-order valence-electron chi connectivity index (χ4n) is 6.19. The number of alkyl halides is 1. The minimum atomic E-state index is -1.12. The monoisotopic (exact) mass is 588 g/mol. The first kappa shape index (κ1) is 28.5. The maximum Gasteiger partial charge on any atom is 0.312 e. The normalized spacial score (nSPS) is 29.3. The number of halogens is 1. The number of rotatable bonds is 14. The minimum Gasteiger partial charge on any atom is -0.465 e. The zero-order valence-corrected chi connectivity index (χ0v) is 23.3. The quantitative estimate of drug-likeness (QED) is 0.155. The van der Waals surface area contributed by atoms with Crippen LogP contribution in [0.5, 0.6) is 0 Å². The maximum atomic E-state index is 14.3. The van der Waals surface area contributed by atoms with E-state index in [4.69, 9.17) is 9.47 Å². The van der Waals surface area contributed by atoms with Crippen molar-refractivity contribution in [3.8, 4) is 0 Å². The van der Waals surface area contributed by atoms with Gasteiger partial charge in [0.15, 0.2) is 0 Å². The molecular weight excluding hydrogens is 552 g/mol. The molecule has 2 amide bonds. The van der Waals surface area contributed by atoms with E-state index in [2.05, 4.69) is 29.1 Å². The van der Waals surface area contributed by atoms with E-state index >= 15 is 0 Å². The largest absolute Gasteiger partial charge is 0.465 e. The van der Waals surface area contributed by atoms with Crippen molar-refractivity contribution in [2.45, 2.75) is 61.2 Å². The number of hydrogen-bond acceptors (Lipinski definition) is 6. The van der Waals surface area contributed by atoms with E-state index in [-0.39, 0.29) is 29.9 Å². The van der Waals surface area contributed by atoms with Gasteiger partial charge in [-0.2, -0.15) is 0 Å². The van der Waals surface area contributed by atoms with Crippen LogP contribution in [-0.2, 0) is 30.4 Å². The summed E-state index contributed by atoms with van der Waals surface area (Å²) < 4.78 is 12.0. The summed E-state index contributed by atoms with van der Waals surface area (Å²) in [5.41, 5.74) is -0.156. The van der Waals surface area contributed by atoms with Crippen molar-refractivity contribution in [2.75, 3.05) is 26.3 Å². The molecule has 6 atom stereocenters. The number of likely N-dealkylation sites (tertiary alicyclic amines) is 1. The second-order valence-corrected chi connectivity index (χ2v) is 11.4. The van der Waals surface area contributed by atoms with Gasteiger partial charge in [0.2, 0.25) is 11.8 Å². The van der Waals surface area contributed by atoms with Crippen molar-refractivity contribution in [2.24, 2.45) is 11.8 Å². The number of unbranched alkanes of at least 4 members (excludes halogenated alkanes) is 2. The van der Waals surface area contributed by atoms with Crippen LogP contribution in [0.2, 0.25) is 0 Å². The average Bonchev–Trinajstić information content (AvgIpc) is 3.50. The summed E-state index contributed by atoms with van der Waals surface area (Å²) in [4.78, 5) is 44.7. The van der Waals surface area contributed by atoms with Crippen molar-refractivity contribution in [1.29, 1.82) is 0 Å². The Hall–Kier alpha value is -2.49. The zero-order valence-electron chi connectivity index (χ0n) is 21.7. The lowest BCUT2D eigenvalue weighted by Crippen LogP contribution is -2.56. The molecule has 0 aromatic heterocycles. The van der Waals surface area contributed by atoms with Gasteiger partial charge in [-0.3, -0.25) is 14.4 Å². The fourth-order valence-corrected chi connectivity index (χ4v) is 7.14. The van der Waals surface area contributed by atoms with Crippen LogP contribution < -0.4 is 0 Å². The Labute approximate surface area is 232 Å². The lowest BCUT2D eigenvalue weighted by molar-refractivity contribution is -0.155. The predicted octanol–water partition coefficient (Wildman–Crippen LogP) is 3.23. The Morgan fingerprint density at radius 1 is 1.21 bits per heavy atom. The van der Waals surface area contributed by atoms with E-state index in [9.17, 15) is 19.5 Å². The Balaban J connectivity index is 1.68. The molecule has 9 heteroatoms. The number of hydrogen-bond donors (Lipinski definition) is 1. The molecule has 206 valence electrons. The molecule has 3 aliphatic rings. The van der Waals surface area contributed by atoms with Gasteiger partial charge in [-0.15, -0.1) is 13.2 Å². The Kier molecular flexibility index (Phi) is 9.44. The van der Waals surface area contributed by atoms with Crippen LogP contribution in [0.3, 0.4) is 0 Å². The minimum absolute atomic E-state index is 0.0712. The van der Waals surface area contributed by atoms with E-state index in [1.807, 2.05) is 30.3 Å². The van der Waals surface area contributed by atoms with Crippen LogP contribution in [0, 0.1) is 11.8 Å². The number of aliphatic hydroxyl groups excluding tert-OH is 1. The number of carbonyl (C=O) groups is 3. The van der Waals surface area contributed by atoms with E-state index in [1.54, 1.807) is 22.0 Å². The van der Waals surface area contributed by atoms with Gasteiger partial charge in [-0.05, 0) is 37.7 Å². The topological polar surface area (TPSA) is 96.4 Å². The number of ether oxygens (including phenoxy) is 2. The van der Waals surface area contributed by atoms with Crippen LogP contribution in [0.15, 0.2) is 55.6 Å². The molecule has 0 aliphatic carbocycles. The highest BCUT2D eigenvalue weighted by Gasteiger charge is 2.77. The highest BCUT2D eigenvalue weighted by molar-refractivity contribution is 9.09. The molecule has 1 N–H and O–H groups in total. The highest BCUT2D eigenvalue weighted by atomic mass is 79.9. The van der Waals surface area contributed by atoms with Gasteiger partial charge in [0, 0.05) is 31.1 Å². The molecule has 1 aromatic rings. The van der Waals surface area contributed by atoms with E-state index < -0.39 is 35.6 Å². The van der Waals surface area contributed by atoms with Gasteiger partial charge in [0.25, 0.3) is 0 Å². The number of nitrogens with zero attached hydrogens (tertiary/aromatic N) is 2. The molecule has 1 aromatic carbocycles. The first-order valence-corrected chi connectivity index (χ1v) is 14.3. The average molecular weight is 590 g/mol. The molecule has 1 spiro atoms. The highest BCUT2D eigenvalue weighted by Crippen LogP contribution is 2.60. The molecule has 3 saturated heterocycles. The van der Waals surface area contributed by atoms with Gasteiger partial charge in [0.1, 0.15) is 11.6 Å². The number of esters is 1. The molecule has 3 fully saturated rings. The van der Waals surface area contributed by atoms with Crippen LogP contribution in [0.25, 0.3) is 0 Å². The Bertz CT molecular complexity index is 1040. The van der Waals surface area contributed by atoms with Gasteiger partial charge >= 0.3 is 5.97 Å². The van der Waals surface area contributed by atoms with Crippen molar-refractivity contribution in [3.05, 3.63) is 61.2 Å². The summed E-state index contributed by atoms with van der Waals surface area (Å²) in [6.07, 6.45) is 5.73.